The van der Waals surface area contributed by atoms with E-state index in [1.807, 2.05) is 13.1 Å². The van der Waals surface area contributed by atoms with Crippen LogP contribution in [-0.4, -0.2) is 31.4 Å². The molecule has 0 saturated carbocycles. The van der Waals surface area contributed by atoms with Crippen LogP contribution in [0.4, 0.5) is 5.69 Å². The highest BCUT2D eigenvalue weighted by atomic mass is 35.5. The van der Waals surface area contributed by atoms with Crippen LogP contribution in [0.2, 0.25) is 5.02 Å². The van der Waals surface area contributed by atoms with E-state index in [4.69, 9.17) is 11.6 Å². The third kappa shape index (κ3) is 3.64. The van der Waals surface area contributed by atoms with E-state index >= 15 is 0 Å². The van der Waals surface area contributed by atoms with Crippen molar-refractivity contribution in [1.82, 2.24) is 4.90 Å². The molecule has 0 saturated heterocycles. The molecule has 0 aromatic heterocycles. The van der Waals surface area contributed by atoms with Crippen LogP contribution in [0.3, 0.4) is 0 Å². The van der Waals surface area contributed by atoms with E-state index in [-0.39, 0.29) is 5.91 Å². The lowest BCUT2D eigenvalue weighted by atomic mass is 10.1. The van der Waals surface area contributed by atoms with Crippen molar-refractivity contribution in [2.45, 2.75) is 20.3 Å². The van der Waals surface area contributed by atoms with Crippen molar-refractivity contribution in [2.24, 2.45) is 5.92 Å². The van der Waals surface area contributed by atoms with Gasteiger partial charge < -0.3 is 10.2 Å². The van der Waals surface area contributed by atoms with Gasteiger partial charge in [-0.2, -0.15) is 0 Å². The van der Waals surface area contributed by atoms with Crippen LogP contribution in [0.15, 0.2) is 18.2 Å². The van der Waals surface area contributed by atoms with E-state index in [0.29, 0.717) is 16.5 Å². The van der Waals surface area contributed by atoms with Crippen LogP contribution in [-0.2, 0) is 0 Å². The highest BCUT2D eigenvalue weighted by molar-refractivity contribution is 6.31. The zero-order valence-corrected chi connectivity index (χ0v) is 12.2. The predicted octanol–water partition coefficient (Wildman–Crippen LogP) is 3.50. The van der Waals surface area contributed by atoms with Gasteiger partial charge in [0.15, 0.2) is 0 Å². The van der Waals surface area contributed by atoms with Crippen molar-refractivity contribution in [3.05, 3.63) is 28.8 Å². The minimum Gasteiger partial charge on any atom is -0.387 e. The molecular weight excluding hydrogens is 248 g/mol. The van der Waals surface area contributed by atoms with Crippen molar-refractivity contribution >= 4 is 23.2 Å². The van der Waals surface area contributed by atoms with Crippen LogP contribution in [0.1, 0.15) is 30.6 Å². The molecule has 1 unspecified atom stereocenters. The Bertz CT molecular complexity index is 420. The summed E-state index contributed by atoms with van der Waals surface area (Å²) in [4.78, 5) is 14.1. The molecule has 0 radical (unpaired) electrons. The molecule has 18 heavy (non-hydrogen) atoms. The minimum absolute atomic E-state index is 0.00199. The number of rotatable bonds is 5. The SMILES string of the molecule is CCC(C)CN(C)C(=O)c1cc(Cl)ccc1NC. The monoisotopic (exact) mass is 268 g/mol. The Labute approximate surface area is 114 Å². The number of amides is 1. The molecule has 1 amide bonds. The number of nitrogens with zero attached hydrogens (tertiary/aromatic N) is 1. The Morgan fingerprint density at radius 2 is 2.17 bits per heavy atom. The summed E-state index contributed by atoms with van der Waals surface area (Å²) in [7, 11) is 3.63. The van der Waals surface area contributed by atoms with Gasteiger partial charge in [0.2, 0.25) is 0 Å². The summed E-state index contributed by atoms with van der Waals surface area (Å²) in [6, 6.07) is 5.31. The third-order valence-electron chi connectivity index (χ3n) is 3.11. The molecule has 0 aliphatic heterocycles. The Hall–Kier alpha value is -1.22. The number of anilines is 1. The molecule has 100 valence electrons. The lowest BCUT2D eigenvalue weighted by molar-refractivity contribution is 0.0776. The van der Waals surface area contributed by atoms with Crippen molar-refractivity contribution in [3.8, 4) is 0 Å². The summed E-state index contributed by atoms with van der Waals surface area (Å²) in [6.45, 7) is 5.02. The second-order valence-corrected chi connectivity index (χ2v) is 5.08. The van der Waals surface area contributed by atoms with Gasteiger partial charge in [-0.25, -0.2) is 0 Å². The van der Waals surface area contributed by atoms with Crippen LogP contribution in [0.5, 0.6) is 0 Å². The molecular formula is C14H21ClN2O. The summed E-state index contributed by atoms with van der Waals surface area (Å²) in [5.41, 5.74) is 1.43. The van der Waals surface area contributed by atoms with E-state index in [9.17, 15) is 4.79 Å². The molecule has 1 N–H and O–H groups in total. The standard InChI is InChI=1S/C14H21ClN2O/c1-5-10(2)9-17(4)14(18)12-8-11(15)6-7-13(12)16-3/h6-8,10,16H,5,9H2,1-4H3. The molecule has 1 aromatic rings. The average Bonchev–Trinajstić information content (AvgIpc) is 2.37. The number of benzene rings is 1. The normalized spacial score (nSPS) is 12.1. The summed E-state index contributed by atoms with van der Waals surface area (Å²) in [6.07, 6.45) is 1.06. The first-order valence-corrected chi connectivity index (χ1v) is 6.60. The lowest BCUT2D eigenvalue weighted by Crippen LogP contribution is -2.31. The molecule has 0 spiro atoms. The molecule has 3 nitrogen and oxygen atoms in total. The molecule has 0 heterocycles. The second-order valence-electron chi connectivity index (χ2n) is 4.64. The molecule has 4 heteroatoms. The molecule has 1 rings (SSSR count). The highest BCUT2D eigenvalue weighted by Gasteiger charge is 2.17. The summed E-state index contributed by atoms with van der Waals surface area (Å²) >= 11 is 5.96. The van der Waals surface area contributed by atoms with E-state index in [2.05, 4.69) is 19.2 Å². The summed E-state index contributed by atoms with van der Waals surface area (Å²) in [5, 5.41) is 3.60. The van der Waals surface area contributed by atoms with Crippen LogP contribution < -0.4 is 5.32 Å². The zero-order valence-electron chi connectivity index (χ0n) is 11.5. The molecule has 0 fully saturated rings. The number of carbonyl (C=O) groups excluding carboxylic acids is 1. The van der Waals surface area contributed by atoms with Gasteiger partial charge in [-0.1, -0.05) is 31.9 Å². The van der Waals surface area contributed by atoms with Crippen molar-refractivity contribution < 1.29 is 4.79 Å². The van der Waals surface area contributed by atoms with Gasteiger partial charge in [-0.05, 0) is 24.1 Å². The van der Waals surface area contributed by atoms with E-state index in [0.717, 1.165) is 18.7 Å². The maximum atomic E-state index is 12.4. The fourth-order valence-corrected chi connectivity index (χ4v) is 1.97. The van der Waals surface area contributed by atoms with Crippen LogP contribution in [0, 0.1) is 5.92 Å². The van der Waals surface area contributed by atoms with Gasteiger partial charge in [0.1, 0.15) is 0 Å². The van der Waals surface area contributed by atoms with Gasteiger partial charge in [-0.15, -0.1) is 0 Å². The minimum atomic E-state index is 0.00199. The van der Waals surface area contributed by atoms with E-state index in [1.54, 1.807) is 24.1 Å². The van der Waals surface area contributed by atoms with Crippen molar-refractivity contribution in [2.75, 3.05) is 26.0 Å². The van der Waals surface area contributed by atoms with E-state index < -0.39 is 0 Å². The maximum Gasteiger partial charge on any atom is 0.255 e. The maximum absolute atomic E-state index is 12.4. The number of halogens is 1. The zero-order chi connectivity index (χ0) is 13.7. The number of hydrogen-bond donors (Lipinski definition) is 1. The first kappa shape index (κ1) is 14.8. The number of hydrogen-bond acceptors (Lipinski definition) is 2. The Morgan fingerprint density at radius 1 is 1.50 bits per heavy atom. The third-order valence-corrected chi connectivity index (χ3v) is 3.35. The smallest absolute Gasteiger partial charge is 0.255 e. The quantitative estimate of drug-likeness (QED) is 0.886. The number of carbonyl (C=O) groups is 1. The van der Waals surface area contributed by atoms with Crippen molar-refractivity contribution in [3.63, 3.8) is 0 Å². The summed E-state index contributed by atoms with van der Waals surface area (Å²) in [5.74, 6) is 0.498. The average molecular weight is 269 g/mol. The topological polar surface area (TPSA) is 32.3 Å². The van der Waals surface area contributed by atoms with Gasteiger partial charge in [0.25, 0.3) is 5.91 Å². The number of nitrogens with one attached hydrogen (secondary N) is 1. The van der Waals surface area contributed by atoms with Crippen LogP contribution in [0.25, 0.3) is 0 Å². The van der Waals surface area contributed by atoms with Gasteiger partial charge in [0.05, 0.1) is 5.56 Å². The molecule has 1 atom stereocenters. The van der Waals surface area contributed by atoms with Gasteiger partial charge >= 0.3 is 0 Å². The fourth-order valence-electron chi connectivity index (χ4n) is 1.80. The second kappa shape index (κ2) is 6.64. The van der Waals surface area contributed by atoms with Crippen LogP contribution >= 0.6 is 11.6 Å². The predicted molar refractivity (Wildman–Crippen MR) is 77.4 cm³/mol. The Balaban J connectivity index is 2.92. The van der Waals surface area contributed by atoms with Gasteiger partial charge in [-0.3, -0.25) is 4.79 Å². The summed E-state index contributed by atoms with van der Waals surface area (Å²) < 4.78 is 0. The largest absolute Gasteiger partial charge is 0.387 e. The Morgan fingerprint density at radius 3 is 2.72 bits per heavy atom. The first-order chi connectivity index (χ1) is 8.49. The molecule has 0 bridgehead atoms. The molecule has 0 aliphatic carbocycles. The van der Waals surface area contributed by atoms with Gasteiger partial charge in [0, 0.05) is 31.4 Å². The first-order valence-electron chi connectivity index (χ1n) is 6.22. The van der Waals surface area contributed by atoms with E-state index in [1.165, 1.54) is 0 Å². The highest BCUT2D eigenvalue weighted by Crippen LogP contribution is 2.22. The fraction of sp³-hybridized carbons (Fsp3) is 0.500. The molecule has 0 aliphatic rings. The molecule has 1 aromatic carbocycles. The van der Waals surface area contributed by atoms with Crippen molar-refractivity contribution in [1.29, 1.82) is 0 Å². The lowest BCUT2D eigenvalue weighted by Gasteiger charge is -2.22. The Kier molecular flexibility index (Phi) is 5.48.